The van der Waals surface area contributed by atoms with E-state index < -0.39 is 24.0 Å². The van der Waals surface area contributed by atoms with Crippen molar-refractivity contribution in [3.63, 3.8) is 0 Å². The SMILES string of the molecule is O=C(NCc1nc(Cc2ccccc2)cs1)C(O)[C@@H](O)C(=O)N1CCc2ccccc2C1. The monoisotopic (exact) mass is 451 g/mol. The smallest absolute Gasteiger partial charge is 0.255 e. The van der Waals surface area contributed by atoms with Crippen LogP contribution in [0.4, 0.5) is 0 Å². The first kappa shape index (κ1) is 22.1. The Morgan fingerprint density at radius 3 is 2.53 bits per heavy atom. The number of rotatable bonds is 7. The van der Waals surface area contributed by atoms with E-state index in [9.17, 15) is 19.8 Å². The van der Waals surface area contributed by atoms with Gasteiger partial charge in [0.05, 0.1) is 12.2 Å². The van der Waals surface area contributed by atoms with Crippen LogP contribution in [0.5, 0.6) is 0 Å². The molecule has 0 saturated heterocycles. The van der Waals surface area contributed by atoms with Crippen LogP contribution >= 0.6 is 11.3 Å². The summed E-state index contributed by atoms with van der Waals surface area (Å²) in [6, 6.07) is 17.7. The van der Waals surface area contributed by atoms with Crippen LogP contribution in [0.1, 0.15) is 27.4 Å². The van der Waals surface area contributed by atoms with Gasteiger partial charge < -0.3 is 20.4 Å². The van der Waals surface area contributed by atoms with Crippen LogP contribution < -0.4 is 5.32 Å². The van der Waals surface area contributed by atoms with Crippen molar-refractivity contribution in [1.82, 2.24) is 15.2 Å². The number of aliphatic hydroxyl groups is 2. The maximum Gasteiger partial charge on any atom is 0.255 e. The molecule has 32 heavy (non-hydrogen) atoms. The number of aromatic nitrogens is 1. The summed E-state index contributed by atoms with van der Waals surface area (Å²) in [7, 11) is 0. The van der Waals surface area contributed by atoms with E-state index >= 15 is 0 Å². The highest BCUT2D eigenvalue weighted by Gasteiger charge is 2.34. The van der Waals surface area contributed by atoms with Gasteiger partial charge in [0.2, 0.25) is 0 Å². The summed E-state index contributed by atoms with van der Waals surface area (Å²) < 4.78 is 0. The number of aliphatic hydroxyl groups excluding tert-OH is 2. The van der Waals surface area contributed by atoms with E-state index in [-0.39, 0.29) is 6.54 Å². The van der Waals surface area contributed by atoms with Gasteiger partial charge in [-0.3, -0.25) is 9.59 Å². The van der Waals surface area contributed by atoms with E-state index in [4.69, 9.17) is 0 Å². The molecule has 3 N–H and O–H groups in total. The minimum Gasteiger partial charge on any atom is -0.380 e. The molecule has 4 rings (SSSR count). The molecular weight excluding hydrogens is 426 g/mol. The van der Waals surface area contributed by atoms with Gasteiger partial charge in [0.15, 0.2) is 12.2 Å². The van der Waals surface area contributed by atoms with E-state index in [0.29, 0.717) is 30.9 Å². The molecule has 1 aromatic heterocycles. The van der Waals surface area contributed by atoms with E-state index in [1.165, 1.54) is 21.8 Å². The molecular formula is C24H25N3O4S. The fraction of sp³-hybridized carbons (Fsp3) is 0.292. The van der Waals surface area contributed by atoms with Crippen molar-refractivity contribution in [3.05, 3.63) is 87.4 Å². The molecule has 2 atom stereocenters. The lowest BCUT2D eigenvalue weighted by Crippen LogP contribution is -2.51. The van der Waals surface area contributed by atoms with E-state index in [2.05, 4.69) is 10.3 Å². The van der Waals surface area contributed by atoms with Crippen LogP contribution in [-0.4, -0.2) is 50.7 Å². The van der Waals surface area contributed by atoms with E-state index in [1.54, 1.807) is 0 Å². The number of nitrogens with one attached hydrogen (secondary N) is 1. The fourth-order valence-corrected chi connectivity index (χ4v) is 4.47. The van der Waals surface area contributed by atoms with Gasteiger partial charge in [0.1, 0.15) is 5.01 Å². The number of carbonyl (C=O) groups is 2. The maximum absolute atomic E-state index is 12.6. The van der Waals surface area contributed by atoms with Gasteiger partial charge in [0, 0.05) is 24.9 Å². The maximum atomic E-state index is 12.6. The highest BCUT2D eigenvalue weighted by atomic mass is 32.1. The first-order valence-electron chi connectivity index (χ1n) is 10.5. The Morgan fingerprint density at radius 1 is 1.03 bits per heavy atom. The van der Waals surface area contributed by atoms with Gasteiger partial charge in [-0.05, 0) is 23.1 Å². The summed E-state index contributed by atoms with van der Waals surface area (Å²) in [6.07, 6.45) is -2.29. The van der Waals surface area contributed by atoms with Crippen molar-refractivity contribution in [2.45, 2.75) is 38.1 Å². The summed E-state index contributed by atoms with van der Waals surface area (Å²) in [6.45, 7) is 0.904. The van der Waals surface area contributed by atoms with Crippen molar-refractivity contribution in [1.29, 1.82) is 0 Å². The number of hydrogen-bond acceptors (Lipinski definition) is 6. The average molecular weight is 452 g/mol. The topological polar surface area (TPSA) is 103 Å². The van der Waals surface area contributed by atoms with Gasteiger partial charge in [-0.25, -0.2) is 4.98 Å². The normalized spacial score (nSPS) is 15.0. The average Bonchev–Trinajstić information content (AvgIpc) is 3.28. The second kappa shape index (κ2) is 10.0. The zero-order chi connectivity index (χ0) is 22.5. The largest absolute Gasteiger partial charge is 0.380 e. The third kappa shape index (κ3) is 5.21. The molecule has 1 aliphatic heterocycles. The molecule has 1 aliphatic rings. The number of hydrogen-bond donors (Lipinski definition) is 3. The Balaban J connectivity index is 1.28. The molecule has 8 heteroatoms. The number of benzene rings is 2. The highest BCUT2D eigenvalue weighted by Crippen LogP contribution is 2.19. The van der Waals surface area contributed by atoms with E-state index in [0.717, 1.165) is 16.8 Å². The Morgan fingerprint density at radius 2 is 1.75 bits per heavy atom. The molecule has 2 amide bonds. The van der Waals surface area contributed by atoms with Gasteiger partial charge in [0.25, 0.3) is 11.8 Å². The molecule has 0 radical (unpaired) electrons. The van der Waals surface area contributed by atoms with Crippen molar-refractivity contribution in [2.24, 2.45) is 0 Å². The molecule has 0 bridgehead atoms. The minimum absolute atomic E-state index is 0.118. The Labute approximate surface area is 190 Å². The van der Waals surface area contributed by atoms with Crippen LogP contribution in [0.15, 0.2) is 60.0 Å². The molecule has 7 nitrogen and oxygen atoms in total. The van der Waals surface area contributed by atoms with Gasteiger partial charge in [-0.1, -0.05) is 54.6 Å². The second-order valence-corrected chi connectivity index (χ2v) is 8.72. The van der Waals surface area contributed by atoms with Crippen molar-refractivity contribution in [3.8, 4) is 0 Å². The highest BCUT2D eigenvalue weighted by molar-refractivity contribution is 7.09. The molecule has 2 aromatic carbocycles. The van der Waals surface area contributed by atoms with Crippen molar-refractivity contribution in [2.75, 3.05) is 6.54 Å². The molecule has 0 fully saturated rings. The molecule has 1 unspecified atom stereocenters. The summed E-state index contributed by atoms with van der Waals surface area (Å²) in [5.74, 6) is -1.45. The van der Waals surface area contributed by atoms with Gasteiger partial charge in [-0.15, -0.1) is 11.3 Å². The molecule has 3 aromatic rings. The first-order valence-corrected chi connectivity index (χ1v) is 11.4. The quantitative estimate of drug-likeness (QED) is 0.507. The number of thiazole rings is 1. The van der Waals surface area contributed by atoms with Crippen LogP contribution in [0.2, 0.25) is 0 Å². The lowest BCUT2D eigenvalue weighted by molar-refractivity contribution is -0.153. The molecule has 166 valence electrons. The number of nitrogens with zero attached hydrogens (tertiary/aromatic N) is 2. The van der Waals surface area contributed by atoms with E-state index in [1.807, 2.05) is 60.0 Å². The standard InChI is InChI=1S/C24H25N3O4S/c28-21(22(29)24(31)27-11-10-17-8-4-5-9-18(17)14-27)23(30)25-13-20-26-19(15-32-20)12-16-6-2-1-3-7-16/h1-9,15,21-22,28-29H,10-14H2,(H,25,30)/t21?,22-/m1/s1. The third-order valence-corrected chi connectivity index (χ3v) is 6.40. The summed E-state index contributed by atoms with van der Waals surface area (Å²) in [4.78, 5) is 30.9. The fourth-order valence-electron chi connectivity index (χ4n) is 3.73. The second-order valence-electron chi connectivity index (χ2n) is 7.78. The summed E-state index contributed by atoms with van der Waals surface area (Å²) >= 11 is 1.41. The number of carbonyl (C=O) groups excluding carboxylic acids is 2. The predicted molar refractivity (Wildman–Crippen MR) is 121 cm³/mol. The predicted octanol–water partition coefficient (Wildman–Crippen LogP) is 1.66. The summed E-state index contributed by atoms with van der Waals surface area (Å²) in [5, 5.41) is 25.7. The molecule has 2 heterocycles. The zero-order valence-electron chi connectivity index (χ0n) is 17.5. The molecule has 0 spiro atoms. The first-order chi connectivity index (χ1) is 15.5. The van der Waals surface area contributed by atoms with Gasteiger partial charge >= 0.3 is 0 Å². The van der Waals surface area contributed by atoms with Crippen LogP contribution in [0.3, 0.4) is 0 Å². The zero-order valence-corrected chi connectivity index (χ0v) is 18.3. The number of fused-ring (bicyclic) bond motifs is 1. The molecule has 0 saturated carbocycles. The number of amides is 2. The molecule has 0 aliphatic carbocycles. The van der Waals surface area contributed by atoms with Crippen LogP contribution in [-0.2, 0) is 35.5 Å². The Kier molecular flexibility index (Phi) is 6.94. The Hall–Kier alpha value is -3.07. The van der Waals surface area contributed by atoms with Crippen LogP contribution in [0, 0.1) is 0 Å². The van der Waals surface area contributed by atoms with Crippen LogP contribution in [0.25, 0.3) is 0 Å². The third-order valence-electron chi connectivity index (χ3n) is 5.50. The van der Waals surface area contributed by atoms with Crippen molar-refractivity contribution < 1.29 is 19.8 Å². The minimum atomic E-state index is -1.84. The lowest BCUT2D eigenvalue weighted by Gasteiger charge is -2.31. The summed E-state index contributed by atoms with van der Waals surface area (Å²) in [5.41, 5.74) is 4.21. The lowest BCUT2D eigenvalue weighted by atomic mass is 9.99. The Bertz CT molecular complexity index is 1090. The van der Waals surface area contributed by atoms with Gasteiger partial charge in [-0.2, -0.15) is 0 Å². The van der Waals surface area contributed by atoms with Crippen molar-refractivity contribution >= 4 is 23.2 Å².